The Kier molecular flexibility index (Phi) is 3.16. The number of ether oxygens (including phenoxy) is 1. The highest BCUT2D eigenvalue weighted by atomic mass is 32.2. The molecule has 3 atom stereocenters. The molecule has 2 rings (SSSR count). The number of hydrogen-bond acceptors (Lipinski definition) is 4. The summed E-state index contributed by atoms with van der Waals surface area (Å²) in [5.41, 5.74) is 0.984. The van der Waals surface area contributed by atoms with Gasteiger partial charge in [-0.2, -0.15) is 4.31 Å². The van der Waals surface area contributed by atoms with E-state index in [-0.39, 0.29) is 10.9 Å². The molecule has 0 N–H and O–H groups in total. The Labute approximate surface area is 106 Å². The van der Waals surface area contributed by atoms with E-state index in [1.54, 1.807) is 31.2 Å². The van der Waals surface area contributed by atoms with Gasteiger partial charge in [0.1, 0.15) is 6.04 Å². The second-order valence-corrected chi connectivity index (χ2v) is 6.20. The largest absolute Gasteiger partial charge is 0.468 e. The van der Waals surface area contributed by atoms with E-state index in [0.717, 1.165) is 5.56 Å². The normalized spacial score (nSPS) is 26.7. The second-order valence-electron chi connectivity index (χ2n) is 4.36. The molecular weight excluding hydrogens is 254 g/mol. The van der Waals surface area contributed by atoms with Gasteiger partial charge in [-0.25, -0.2) is 8.42 Å². The van der Waals surface area contributed by atoms with E-state index in [0.29, 0.717) is 0 Å². The number of esters is 1. The molecule has 1 unspecified atom stereocenters. The van der Waals surface area contributed by atoms with E-state index < -0.39 is 22.0 Å². The van der Waals surface area contributed by atoms with Crippen molar-refractivity contribution in [3.05, 3.63) is 29.8 Å². The molecule has 0 bridgehead atoms. The van der Waals surface area contributed by atoms with Gasteiger partial charge in [-0.3, -0.25) is 4.79 Å². The van der Waals surface area contributed by atoms with Crippen LogP contribution in [0.4, 0.5) is 0 Å². The molecule has 0 spiro atoms. The molecule has 98 valence electrons. The first-order chi connectivity index (χ1) is 8.39. The van der Waals surface area contributed by atoms with Crippen LogP contribution in [0, 0.1) is 6.92 Å². The summed E-state index contributed by atoms with van der Waals surface area (Å²) < 4.78 is 30.3. The number of carbonyl (C=O) groups excluding carboxylic acids is 1. The summed E-state index contributed by atoms with van der Waals surface area (Å²) >= 11 is 0. The van der Waals surface area contributed by atoms with E-state index >= 15 is 0 Å². The second kappa shape index (κ2) is 4.37. The van der Waals surface area contributed by atoms with Crippen molar-refractivity contribution in [1.82, 2.24) is 4.31 Å². The minimum absolute atomic E-state index is 0.200. The summed E-state index contributed by atoms with van der Waals surface area (Å²) in [6, 6.07) is 5.52. The first-order valence-corrected chi connectivity index (χ1v) is 7.01. The fraction of sp³-hybridized carbons (Fsp3) is 0.417. The molecule has 0 saturated carbocycles. The predicted molar refractivity (Wildman–Crippen MR) is 65.5 cm³/mol. The van der Waals surface area contributed by atoms with Crippen LogP contribution in [-0.2, 0) is 19.6 Å². The van der Waals surface area contributed by atoms with Gasteiger partial charge < -0.3 is 4.74 Å². The molecule has 1 aromatic rings. The third kappa shape index (κ3) is 2.02. The molecule has 1 aliphatic heterocycles. The van der Waals surface area contributed by atoms with Crippen molar-refractivity contribution in [1.29, 1.82) is 0 Å². The van der Waals surface area contributed by atoms with E-state index in [2.05, 4.69) is 4.74 Å². The van der Waals surface area contributed by atoms with Crippen molar-refractivity contribution in [2.75, 3.05) is 7.11 Å². The van der Waals surface area contributed by atoms with E-state index in [9.17, 15) is 13.2 Å². The van der Waals surface area contributed by atoms with Crippen LogP contribution in [-0.4, -0.2) is 37.9 Å². The molecule has 6 heteroatoms. The summed E-state index contributed by atoms with van der Waals surface area (Å²) in [7, 11) is -2.35. The van der Waals surface area contributed by atoms with Gasteiger partial charge in [-0.15, -0.1) is 0 Å². The van der Waals surface area contributed by atoms with Gasteiger partial charge in [-0.1, -0.05) is 17.7 Å². The highest BCUT2D eigenvalue weighted by Crippen LogP contribution is 2.36. The SMILES string of the molecule is COC(=O)[C@H]1[C@@H](C)N1S(=O)(=O)c1ccc(C)cc1. The van der Waals surface area contributed by atoms with Crippen molar-refractivity contribution in [3.63, 3.8) is 0 Å². The van der Waals surface area contributed by atoms with Gasteiger partial charge in [0, 0.05) is 0 Å². The minimum Gasteiger partial charge on any atom is -0.468 e. The van der Waals surface area contributed by atoms with Gasteiger partial charge in [0.25, 0.3) is 0 Å². The van der Waals surface area contributed by atoms with Crippen LogP contribution in [0.25, 0.3) is 0 Å². The first kappa shape index (κ1) is 13.0. The molecule has 1 aliphatic rings. The third-order valence-corrected chi connectivity index (χ3v) is 5.06. The van der Waals surface area contributed by atoms with E-state index in [1.165, 1.54) is 11.4 Å². The molecule has 1 heterocycles. The maximum Gasteiger partial charge on any atom is 0.325 e. The summed E-state index contributed by atoms with van der Waals surface area (Å²) in [6.45, 7) is 3.57. The number of sulfonamides is 1. The van der Waals surface area contributed by atoms with Crippen LogP contribution in [0.15, 0.2) is 29.2 Å². The molecule has 1 saturated heterocycles. The summed E-state index contributed by atoms with van der Waals surface area (Å²) in [6.07, 6.45) is 0. The Balaban J connectivity index is 2.29. The molecule has 1 fully saturated rings. The van der Waals surface area contributed by atoms with E-state index in [4.69, 9.17) is 0 Å². The average Bonchev–Trinajstić information content (AvgIpc) is 3.01. The number of nitrogens with zero attached hydrogens (tertiary/aromatic N) is 1. The maximum atomic E-state index is 12.3. The number of rotatable bonds is 3. The number of hydrogen-bond donors (Lipinski definition) is 0. The fourth-order valence-corrected chi connectivity index (χ4v) is 3.73. The summed E-state index contributed by atoms with van der Waals surface area (Å²) in [4.78, 5) is 11.6. The highest BCUT2D eigenvalue weighted by Gasteiger charge is 2.57. The van der Waals surface area contributed by atoms with Crippen LogP contribution >= 0.6 is 0 Å². The molecular formula is C12H15NO4S. The zero-order chi connectivity index (χ0) is 13.5. The summed E-state index contributed by atoms with van der Waals surface area (Å²) in [5.74, 6) is -0.516. The number of methoxy groups -OCH3 is 1. The lowest BCUT2D eigenvalue weighted by atomic mass is 10.2. The number of aryl methyl sites for hydroxylation is 1. The number of benzene rings is 1. The lowest BCUT2D eigenvalue weighted by Crippen LogP contribution is -2.20. The smallest absolute Gasteiger partial charge is 0.325 e. The van der Waals surface area contributed by atoms with Crippen molar-refractivity contribution in [3.8, 4) is 0 Å². The van der Waals surface area contributed by atoms with Crippen molar-refractivity contribution >= 4 is 16.0 Å². The Morgan fingerprint density at radius 1 is 1.28 bits per heavy atom. The van der Waals surface area contributed by atoms with Crippen LogP contribution in [0.1, 0.15) is 12.5 Å². The molecule has 5 nitrogen and oxygen atoms in total. The van der Waals surface area contributed by atoms with Crippen molar-refractivity contribution < 1.29 is 17.9 Å². The Hall–Kier alpha value is -1.40. The molecule has 1 aromatic carbocycles. The first-order valence-electron chi connectivity index (χ1n) is 5.57. The summed E-state index contributed by atoms with van der Waals surface area (Å²) in [5, 5.41) is 0. The zero-order valence-corrected chi connectivity index (χ0v) is 11.3. The molecule has 0 aliphatic carbocycles. The van der Waals surface area contributed by atoms with Crippen LogP contribution < -0.4 is 0 Å². The zero-order valence-electron chi connectivity index (χ0n) is 10.5. The quantitative estimate of drug-likeness (QED) is 0.605. The molecule has 0 amide bonds. The molecule has 0 aromatic heterocycles. The maximum absolute atomic E-state index is 12.3. The monoisotopic (exact) mass is 269 g/mol. The predicted octanol–water partition coefficient (Wildman–Crippen LogP) is 0.929. The number of carbonyl (C=O) groups is 1. The fourth-order valence-electron chi connectivity index (χ4n) is 1.94. The van der Waals surface area contributed by atoms with Gasteiger partial charge in [0.2, 0.25) is 10.0 Å². The average molecular weight is 269 g/mol. The Morgan fingerprint density at radius 3 is 2.33 bits per heavy atom. The lowest BCUT2D eigenvalue weighted by molar-refractivity contribution is -0.140. The van der Waals surface area contributed by atoms with Crippen LogP contribution in [0.2, 0.25) is 0 Å². The van der Waals surface area contributed by atoms with Crippen LogP contribution in [0.3, 0.4) is 0 Å². The Morgan fingerprint density at radius 2 is 1.83 bits per heavy atom. The minimum atomic E-state index is -3.60. The van der Waals surface area contributed by atoms with Crippen molar-refractivity contribution in [2.45, 2.75) is 30.8 Å². The van der Waals surface area contributed by atoms with Gasteiger partial charge >= 0.3 is 5.97 Å². The molecule has 18 heavy (non-hydrogen) atoms. The Bertz CT molecular complexity index is 564. The third-order valence-electron chi connectivity index (χ3n) is 3.08. The topological polar surface area (TPSA) is 63.5 Å². The van der Waals surface area contributed by atoms with Gasteiger partial charge in [-0.05, 0) is 26.0 Å². The molecule has 0 radical (unpaired) electrons. The van der Waals surface area contributed by atoms with Gasteiger partial charge in [0.15, 0.2) is 0 Å². The van der Waals surface area contributed by atoms with Crippen molar-refractivity contribution in [2.24, 2.45) is 0 Å². The van der Waals surface area contributed by atoms with Crippen LogP contribution in [0.5, 0.6) is 0 Å². The van der Waals surface area contributed by atoms with E-state index in [1.807, 2.05) is 6.92 Å². The van der Waals surface area contributed by atoms with Gasteiger partial charge in [0.05, 0.1) is 18.0 Å². The highest BCUT2D eigenvalue weighted by molar-refractivity contribution is 7.89. The standard InChI is InChI=1S/C12H15NO4S/c1-8-4-6-10(7-5-8)18(15,16)13-9(2)11(13)12(14)17-3/h4-7,9,11H,1-3H3/t9-,11-,13?/m1/s1. The lowest BCUT2D eigenvalue weighted by Gasteiger charge is -2.06.